The van der Waals surface area contributed by atoms with Gasteiger partial charge in [0, 0.05) is 24.4 Å². The van der Waals surface area contributed by atoms with Crippen LogP contribution < -0.4 is 10.1 Å². The van der Waals surface area contributed by atoms with Gasteiger partial charge in [0.2, 0.25) is 5.91 Å². The van der Waals surface area contributed by atoms with Gasteiger partial charge in [-0.3, -0.25) is 9.69 Å². The van der Waals surface area contributed by atoms with Crippen LogP contribution >= 0.6 is 0 Å². The summed E-state index contributed by atoms with van der Waals surface area (Å²) in [6.07, 6.45) is 2.64. The number of benzene rings is 2. The fraction of sp³-hybridized carbons (Fsp3) is 0.500. The summed E-state index contributed by atoms with van der Waals surface area (Å²) in [5.74, 6) is 1.19. The lowest BCUT2D eigenvalue weighted by Crippen LogP contribution is -2.45. The molecule has 1 amide bonds. The van der Waals surface area contributed by atoms with E-state index in [0.717, 1.165) is 50.2 Å². The Labute approximate surface area is 180 Å². The summed E-state index contributed by atoms with van der Waals surface area (Å²) < 4.78 is 6.15. The van der Waals surface area contributed by atoms with Crippen LogP contribution in [-0.4, -0.2) is 29.5 Å². The first-order chi connectivity index (χ1) is 14.3. The van der Waals surface area contributed by atoms with E-state index in [0.29, 0.717) is 0 Å². The standard InChI is InChI=1S/C26H34N2O2/c1-18-5-8-20(9-6-18)17-28-13-11-21(12-14-28)25(29)27-23-16-26(3,4)30-24-10-7-19(2)15-22(23)24/h5-10,15,21,23H,11-14,16-17H2,1-4H3,(H,27,29)/t23-/m1/s1. The molecule has 0 aliphatic carbocycles. The first kappa shape index (κ1) is 20.9. The third-order valence-electron chi connectivity index (χ3n) is 6.42. The average molecular weight is 407 g/mol. The molecule has 2 heterocycles. The molecule has 0 radical (unpaired) electrons. The Morgan fingerprint density at radius 2 is 1.73 bits per heavy atom. The second-order valence-corrected chi connectivity index (χ2v) is 9.70. The highest BCUT2D eigenvalue weighted by atomic mass is 16.5. The quantitative estimate of drug-likeness (QED) is 0.782. The maximum atomic E-state index is 13.1. The molecule has 30 heavy (non-hydrogen) atoms. The van der Waals surface area contributed by atoms with E-state index in [-0.39, 0.29) is 23.5 Å². The second kappa shape index (κ2) is 8.43. The first-order valence-corrected chi connectivity index (χ1v) is 11.2. The van der Waals surface area contributed by atoms with Crippen molar-refractivity contribution < 1.29 is 9.53 Å². The van der Waals surface area contributed by atoms with Crippen LogP contribution in [0.4, 0.5) is 0 Å². The number of fused-ring (bicyclic) bond motifs is 1. The van der Waals surface area contributed by atoms with E-state index < -0.39 is 0 Å². The van der Waals surface area contributed by atoms with E-state index in [1.807, 2.05) is 6.07 Å². The Morgan fingerprint density at radius 3 is 2.43 bits per heavy atom. The van der Waals surface area contributed by atoms with E-state index in [1.165, 1.54) is 16.7 Å². The van der Waals surface area contributed by atoms with Gasteiger partial charge in [-0.2, -0.15) is 0 Å². The van der Waals surface area contributed by atoms with Crippen molar-refractivity contribution in [2.75, 3.05) is 13.1 Å². The topological polar surface area (TPSA) is 41.6 Å². The number of aryl methyl sites for hydroxylation is 2. The van der Waals surface area contributed by atoms with Gasteiger partial charge >= 0.3 is 0 Å². The van der Waals surface area contributed by atoms with Crippen LogP contribution in [0, 0.1) is 19.8 Å². The fourth-order valence-corrected chi connectivity index (χ4v) is 4.70. The third kappa shape index (κ3) is 4.86. The molecule has 1 atom stereocenters. The molecule has 4 rings (SSSR count). The van der Waals surface area contributed by atoms with E-state index >= 15 is 0 Å². The minimum absolute atomic E-state index is 0.0155. The molecule has 160 valence electrons. The van der Waals surface area contributed by atoms with Gasteiger partial charge in [-0.05, 0) is 65.3 Å². The van der Waals surface area contributed by atoms with Crippen molar-refractivity contribution in [1.82, 2.24) is 10.2 Å². The Morgan fingerprint density at radius 1 is 1.07 bits per heavy atom. The zero-order valence-corrected chi connectivity index (χ0v) is 18.7. The number of amides is 1. The number of carbonyl (C=O) groups excluding carboxylic acids is 1. The molecule has 0 bridgehead atoms. The van der Waals surface area contributed by atoms with Crippen molar-refractivity contribution in [3.63, 3.8) is 0 Å². The number of hydrogen-bond donors (Lipinski definition) is 1. The molecule has 2 aromatic carbocycles. The SMILES string of the molecule is Cc1ccc(CN2CCC(C(=O)N[C@@H]3CC(C)(C)Oc4ccc(C)cc43)CC2)cc1. The molecule has 0 saturated carbocycles. The van der Waals surface area contributed by atoms with Gasteiger partial charge < -0.3 is 10.1 Å². The number of rotatable bonds is 4. The minimum atomic E-state index is -0.280. The summed E-state index contributed by atoms with van der Waals surface area (Å²) in [5.41, 5.74) is 4.67. The van der Waals surface area contributed by atoms with Crippen LogP contribution in [0.1, 0.15) is 61.4 Å². The maximum absolute atomic E-state index is 13.1. The van der Waals surface area contributed by atoms with Gasteiger partial charge in [-0.25, -0.2) is 0 Å². The van der Waals surface area contributed by atoms with Crippen molar-refractivity contribution in [1.29, 1.82) is 0 Å². The summed E-state index contributed by atoms with van der Waals surface area (Å²) in [6.45, 7) is 11.3. The average Bonchev–Trinajstić information content (AvgIpc) is 2.70. The van der Waals surface area contributed by atoms with Gasteiger partial charge in [0.05, 0.1) is 6.04 Å². The number of likely N-dealkylation sites (tertiary alicyclic amines) is 1. The highest BCUT2D eigenvalue weighted by Crippen LogP contribution is 2.40. The predicted molar refractivity (Wildman–Crippen MR) is 121 cm³/mol. The summed E-state index contributed by atoms with van der Waals surface area (Å²) >= 11 is 0. The van der Waals surface area contributed by atoms with Gasteiger partial charge in [0.25, 0.3) is 0 Å². The molecule has 4 nitrogen and oxygen atoms in total. The zero-order valence-electron chi connectivity index (χ0n) is 18.7. The summed E-state index contributed by atoms with van der Waals surface area (Å²) in [7, 11) is 0. The molecule has 1 fully saturated rings. The lowest BCUT2D eigenvalue weighted by molar-refractivity contribution is -0.127. The predicted octanol–water partition coefficient (Wildman–Crippen LogP) is 4.93. The van der Waals surface area contributed by atoms with Crippen molar-refractivity contribution in [2.24, 2.45) is 5.92 Å². The normalized spacial score (nSPS) is 21.5. The van der Waals surface area contributed by atoms with E-state index in [2.05, 4.69) is 74.3 Å². The molecular formula is C26H34N2O2. The number of ether oxygens (including phenoxy) is 1. The Bertz CT molecular complexity index is 896. The third-order valence-corrected chi connectivity index (χ3v) is 6.42. The number of nitrogens with one attached hydrogen (secondary N) is 1. The van der Waals surface area contributed by atoms with Crippen LogP contribution in [0.25, 0.3) is 0 Å². The Balaban J connectivity index is 1.36. The van der Waals surface area contributed by atoms with E-state index in [9.17, 15) is 4.79 Å². The van der Waals surface area contributed by atoms with Crippen LogP contribution in [-0.2, 0) is 11.3 Å². The molecular weight excluding hydrogens is 372 g/mol. The van der Waals surface area contributed by atoms with E-state index in [4.69, 9.17) is 4.74 Å². The number of carbonyl (C=O) groups is 1. The number of piperidine rings is 1. The van der Waals surface area contributed by atoms with Gasteiger partial charge in [-0.15, -0.1) is 0 Å². The minimum Gasteiger partial charge on any atom is -0.487 e. The highest BCUT2D eigenvalue weighted by Gasteiger charge is 2.36. The number of nitrogens with zero attached hydrogens (tertiary/aromatic N) is 1. The molecule has 4 heteroatoms. The van der Waals surface area contributed by atoms with Crippen LogP contribution in [0.5, 0.6) is 5.75 Å². The summed E-state index contributed by atoms with van der Waals surface area (Å²) in [5, 5.41) is 3.36. The van der Waals surface area contributed by atoms with Crippen LogP contribution in [0.3, 0.4) is 0 Å². The molecule has 1 N–H and O–H groups in total. The lowest BCUT2D eigenvalue weighted by atomic mass is 9.88. The molecule has 1 saturated heterocycles. The zero-order chi connectivity index (χ0) is 21.3. The van der Waals surface area contributed by atoms with Gasteiger partial charge in [0.15, 0.2) is 0 Å². The molecule has 2 aliphatic rings. The Kier molecular flexibility index (Phi) is 5.88. The lowest BCUT2D eigenvalue weighted by Gasteiger charge is -2.39. The molecule has 0 spiro atoms. The van der Waals surface area contributed by atoms with Crippen LogP contribution in [0.15, 0.2) is 42.5 Å². The van der Waals surface area contributed by atoms with Gasteiger partial charge in [0.1, 0.15) is 11.4 Å². The fourth-order valence-electron chi connectivity index (χ4n) is 4.70. The summed E-state index contributed by atoms with van der Waals surface area (Å²) in [4.78, 5) is 15.6. The smallest absolute Gasteiger partial charge is 0.223 e. The maximum Gasteiger partial charge on any atom is 0.223 e. The van der Waals surface area contributed by atoms with Crippen molar-refractivity contribution >= 4 is 5.91 Å². The van der Waals surface area contributed by atoms with E-state index in [1.54, 1.807) is 0 Å². The largest absolute Gasteiger partial charge is 0.487 e. The summed E-state index contributed by atoms with van der Waals surface area (Å²) in [6, 6.07) is 15.0. The molecule has 0 unspecified atom stereocenters. The number of hydrogen-bond acceptors (Lipinski definition) is 3. The first-order valence-electron chi connectivity index (χ1n) is 11.2. The van der Waals surface area contributed by atoms with Crippen molar-refractivity contribution in [3.8, 4) is 5.75 Å². The van der Waals surface area contributed by atoms with Crippen molar-refractivity contribution in [3.05, 3.63) is 64.7 Å². The molecule has 2 aromatic rings. The monoisotopic (exact) mass is 406 g/mol. The van der Waals surface area contributed by atoms with Gasteiger partial charge in [-0.1, -0.05) is 47.5 Å². The van der Waals surface area contributed by atoms with Crippen molar-refractivity contribution in [2.45, 2.75) is 65.1 Å². The van der Waals surface area contributed by atoms with Crippen LogP contribution in [0.2, 0.25) is 0 Å². The molecule has 0 aromatic heterocycles. The highest BCUT2D eigenvalue weighted by molar-refractivity contribution is 5.79. The molecule has 2 aliphatic heterocycles. The Hall–Kier alpha value is -2.33. The second-order valence-electron chi connectivity index (χ2n) is 9.70.